The van der Waals surface area contributed by atoms with Crippen LogP contribution >= 0.6 is 0 Å². The number of methoxy groups -OCH3 is 2. The minimum Gasteiger partial charge on any atom is -0.496 e. The lowest BCUT2D eigenvalue weighted by Crippen LogP contribution is -1.95. The fourth-order valence-corrected chi connectivity index (χ4v) is 4.29. The summed E-state index contributed by atoms with van der Waals surface area (Å²) < 4.78 is 17.2. The summed E-state index contributed by atoms with van der Waals surface area (Å²) in [6.07, 6.45) is 12.3. The first-order chi connectivity index (χ1) is 16.7. The van der Waals surface area contributed by atoms with Gasteiger partial charge in [0, 0.05) is 35.6 Å². The second-order valence-electron chi connectivity index (χ2n) is 8.46. The lowest BCUT2D eigenvalue weighted by atomic mass is 10.0. The molecule has 4 aromatic heterocycles. The van der Waals surface area contributed by atoms with Crippen LogP contribution < -0.4 is 9.47 Å². The predicted molar refractivity (Wildman–Crippen MR) is 128 cm³/mol. The monoisotopic (exact) mass is 455 g/mol. The molecule has 0 radical (unpaired) electrons. The van der Waals surface area contributed by atoms with Gasteiger partial charge in [0.05, 0.1) is 49.9 Å². The molecule has 1 aliphatic rings. The molecule has 1 saturated carbocycles. The Labute approximate surface area is 196 Å². The molecule has 0 atom stereocenters. The highest BCUT2D eigenvalue weighted by molar-refractivity contribution is 5.86. The topological polar surface area (TPSA) is 84.3 Å². The van der Waals surface area contributed by atoms with Crippen molar-refractivity contribution in [2.24, 2.45) is 0 Å². The smallest absolute Gasteiger partial charge is 0.132 e. The highest BCUT2D eigenvalue weighted by atomic mass is 16.5. The van der Waals surface area contributed by atoms with Gasteiger partial charge in [-0.15, -0.1) is 5.10 Å². The van der Waals surface area contributed by atoms with Crippen molar-refractivity contribution in [1.29, 1.82) is 0 Å². The van der Waals surface area contributed by atoms with Crippen LogP contribution in [0.25, 0.3) is 39.0 Å². The highest BCUT2D eigenvalue weighted by Crippen LogP contribution is 2.42. The zero-order valence-corrected chi connectivity index (χ0v) is 19.3. The molecule has 0 unspecified atom stereocenters. The number of aryl methyl sites for hydroxylation is 1. The first-order valence-electron chi connectivity index (χ1n) is 11.4. The van der Waals surface area contributed by atoms with Crippen molar-refractivity contribution in [3.05, 3.63) is 55.2 Å². The molecule has 5 aromatic rings. The van der Waals surface area contributed by atoms with Crippen LogP contribution in [0, 0.1) is 0 Å². The molecule has 34 heavy (non-hydrogen) atoms. The Morgan fingerprint density at radius 2 is 1.71 bits per heavy atom. The number of aromatic nitrogens is 7. The third-order valence-corrected chi connectivity index (χ3v) is 6.31. The van der Waals surface area contributed by atoms with Crippen molar-refractivity contribution >= 4 is 5.52 Å². The number of benzene rings is 1. The minimum absolute atomic E-state index is 0.563. The Morgan fingerprint density at radius 3 is 2.38 bits per heavy atom. The van der Waals surface area contributed by atoms with Gasteiger partial charge < -0.3 is 9.47 Å². The lowest BCUT2D eigenvalue weighted by molar-refractivity contribution is 0.397. The van der Waals surface area contributed by atoms with Gasteiger partial charge in [-0.05, 0) is 43.5 Å². The minimum atomic E-state index is 0.563. The Kier molecular flexibility index (Phi) is 4.83. The van der Waals surface area contributed by atoms with Crippen LogP contribution in [0.3, 0.4) is 0 Å². The van der Waals surface area contributed by atoms with Crippen LogP contribution in [0.5, 0.6) is 11.5 Å². The molecule has 0 amide bonds. The van der Waals surface area contributed by atoms with Crippen molar-refractivity contribution in [1.82, 2.24) is 34.4 Å². The van der Waals surface area contributed by atoms with Crippen molar-refractivity contribution < 1.29 is 9.47 Å². The summed E-state index contributed by atoms with van der Waals surface area (Å²) >= 11 is 0. The Balaban J connectivity index is 1.41. The summed E-state index contributed by atoms with van der Waals surface area (Å²) in [5, 5.41) is 17.6. The van der Waals surface area contributed by atoms with E-state index in [-0.39, 0.29) is 0 Å². The molecule has 1 aromatic carbocycles. The van der Waals surface area contributed by atoms with Crippen LogP contribution in [-0.2, 0) is 6.54 Å². The second-order valence-corrected chi connectivity index (χ2v) is 8.46. The zero-order chi connectivity index (χ0) is 23.2. The molecule has 0 bridgehead atoms. The van der Waals surface area contributed by atoms with Crippen LogP contribution in [-0.4, -0.2) is 48.6 Å². The van der Waals surface area contributed by atoms with Crippen molar-refractivity contribution in [3.8, 4) is 45.0 Å². The molecular weight excluding hydrogens is 430 g/mol. The molecule has 0 N–H and O–H groups in total. The SMILES string of the molecule is CCn1cc(-c2c(OC)cc(-c3cnn4cc(-c5cnn(C6CC6)c5)ccc34)cc2OC)nn1. The molecular formula is C25H25N7O2. The maximum absolute atomic E-state index is 5.75. The Morgan fingerprint density at radius 1 is 0.912 bits per heavy atom. The number of nitrogens with zero attached hydrogens (tertiary/aromatic N) is 7. The van der Waals surface area contributed by atoms with Gasteiger partial charge in [0.15, 0.2) is 0 Å². The molecule has 1 fully saturated rings. The van der Waals surface area contributed by atoms with E-state index in [9.17, 15) is 0 Å². The molecule has 172 valence electrons. The first-order valence-corrected chi connectivity index (χ1v) is 11.4. The molecule has 0 saturated heterocycles. The molecule has 6 rings (SSSR count). The average Bonchev–Trinajstić information content (AvgIpc) is 3.27. The van der Waals surface area contributed by atoms with Gasteiger partial charge in [0.25, 0.3) is 0 Å². The zero-order valence-electron chi connectivity index (χ0n) is 19.3. The number of ether oxygens (including phenoxy) is 2. The molecule has 9 heteroatoms. The summed E-state index contributed by atoms with van der Waals surface area (Å²) in [6.45, 7) is 2.76. The molecule has 0 spiro atoms. The van der Waals surface area contributed by atoms with Gasteiger partial charge >= 0.3 is 0 Å². The molecule has 0 aliphatic heterocycles. The number of hydrogen-bond donors (Lipinski definition) is 0. The van der Waals surface area contributed by atoms with E-state index in [1.54, 1.807) is 18.9 Å². The van der Waals surface area contributed by atoms with Gasteiger partial charge in [-0.25, -0.2) is 4.52 Å². The van der Waals surface area contributed by atoms with Crippen molar-refractivity contribution in [2.75, 3.05) is 14.2 Å². The van der Waals surface area contributed by atoms with E-state index in [0.717, 1.165) is 39.9 Å². The van der Waals surface area contributed by atoms with Crippen LogP contribution in [0.2, 0.25) is 0 Å². The summed E-state index contributed by atoms with van der Waals surface area (Å²) in [4.78, 5) is 0. The summed E-state index contributed by atoms with van der Waals surface area (Å²) in [5.74, 6) is 1.34. The summed E-state index contributed by atoms with van der Waals surface area (Å²) in [7, 11) is 3.30. The fraction of sp³-hybridized carbons (Fsp3) is 0.280. The number of rotatable bonds is 7. The maximum atomic E-state index is 5.75. The van der Waals surface area contributed by atoms with Gasteiger partial charge in [0.2, 0.25) is 0 Å². The van der Waals surface area contributed by atoms with E-state index in [1.807, 2.05) is 48.4 Å². The molecule has 4 heterocycles. The van der Waals surface area contributed by atoms with E-state index in [2.05, 4.69) is 43.5 Å². The first kappa shape index (κ1) is 20.5. The van der Waals surface area contributed by atoms with Crippen molar-refractivity contribution in [3.63, 3.8) is 0 Å². The number of pyridine rings is 1. The average molecular weight is 456 g/mol. The highest BCUT2D eigenvalue weighted by Gasteiger charge is 2.24. The lowest BCUT2D eigenvalue weighted by Gasteiger charge is -2.13. The second kappa shape index (κ2) is 8.02. The number of fused-ring (bicyclic) bond motifs is 1. The van der Waals surface area contributed by atoms with Crippen molar-refractivity contribution in [2.45, 2.75) is 32.4 Å². The third-order valence-electron chi connectivity index (χ3n) is 6.31. The maximum Gasteiger partial charge on any atom is 0.132 e. The Bertz CT molecular complexity index is 1470. The summed E-state index contributed by atoms with van der Waals surface area (Å²) in [6, 6.07) is 8.75. The Hall–Kier alpha value is -4.14. The number of hydrogen-bond acceptors (Lipinski definition) is 6. The van der Waals surface area contributed by atoms with Crippen LogP contribution in [0.4, 0.5) is 0 Å². The van der Waals surface area contributed by atoms with Crippen LogP contribution in [0.15, 0.2) is 55.2 Å². The molecule has 9 nitrogen and oxygen atoms in total. The van der Waals surface area contributed by atoms with E-state index in [1.165, 1.54) is 12.8 Å². The largest absolute Gasteiger partial charge is 0.496 e. The van der Waals surface area contributed by atoms with E-state index >= 15 is 0 Å². The summed E-state index contributed by atoms with van der Waals surface area (Å²) in [5.41, 5.74) is 6.59. The third kappa shape index (κ3) is 3.40. The standard InChI is InChI=1S/C25H25N7O2/c1-4-30-15-21(28-29-30)25-23(33-2)9-17(10-24(25)34-3)20-12-27-32-13-16(5-8-22(20)32)18-11-26-31(14-18)19-6-7-19/h5,8-15,19H,4,6-7H2,1-3H3. The van der Waals surface area contributed by atoms with Gasteiger partial charge in [-0.2, -0.15) is 10.2 Å². The fourth-order valence-electron chi connectivity index (χ4n) is 4.29. The normalized spacial score (nSPS) is 13.5. The van der Waals surface area contributed by atoms with Crippen LogP contribution in [0.1, 0.15) is 25.8 Å². The van der Waals surface area contributed by atoms with E-state index in [0.29, 0.717) is 23.2 Å². The van der Waals surface area contributed by atoms with E-state index < -0.39 is 0 Å². The predicted octanol–water partition coefficient (Wildman–Crippen LogP) is 4.50. The van der Waals surface area contributed by atoms with Gasteiger partial charge in [0.1, 0.15) is 17.2 Å². The molecule has 1 aliphatic carbocycles. The quantitative estimate of drug-likeness (QED) is 0.359. The van der Waals surface area contributed by atoms with E-state index in [4.69, 9.17) is 9.47 Å². The van der Waals surface area contributed by atoms with Gasteiger partial charge in [-0.3, -0.25) is 9.36 Å². The van der Waals surface area contributed by atoms with Gasteiger partial charge in [-0.1, -0.05) is 11.3 Å².